The molecule has 4 heterocycles. The van der Waals surface area contributed by atoms with Gasteiger partial charge in [-0.05, 0) is 43.4 Å². The first kappa shape index (κ1) is 20.5. The first-order valence-electron chi connectivity index (χ1n) is 10.1. The highest BCUT2D eigenvalue weighted by molar-refractivity contribution is 7.99. The van der Waals surface area contributed by atoms with E-state index in [1.807, 2.05) is 16.7 Å². The topological polar surface area (TPSA) is 92.1 Å². The Morgan fingerprint density at radius 3 is 3.03 bits per heavy atom. The Morgan fingerprint density at radius 2 is 2.13 bits per heavy atom. The van der Waals surface area contributed by atoms with Crippen LogP contribution in [0.1, 0.15) is 34.8 Å². The van der Waals surface area contributed by atoms with Crippen molar-refractivity contribution in [1.29, 1.82) is 0 Å². The average Bonchev–Trinajstić information content (AvgIpc) is 3.32. The average molecular weight is 474 g/mol. The lowest BCUT2D eigenvalue weighted by Gasteiger charge is -2.09. The molecular weight excluding hydrogens is 454 g/mol. The van der Waals surface area contributed by atoms with Gasteiger partial charge in [-0.1, -0.05) is 11.6 Å². The summed E-state index contributed by atoms with van der Waals surface area (Å²) in [7, 11) is 0. The molecule has 1 aliphatic carbocycles. The Bertz CT molecular complexity index is 1340. The van der Waals surface area contributed by atoms with Crippen LogP contribution >= 0.6 is 34.7 Å². The summed E-state index contributed by atoms with van der Waals surface area (Å²) in [6, 6.07) is 3.61. The number of thiophene rings is 1. The molecule has 0 saturated heterocycles. The van der Waals surface area contributed by atoms with E-state index < -0.39 is 0 Å². The van der Waals surface area contributed by atoms with Gasteiger partial charge in [0.1, 0.15) is 16.3 Å². The standard InChI is InChI=1S/C21H20ClN5O2S2/c22-12-5-6-17-24-13(9-27(17)8-12)7-23-18(28)11-30-10-16-25-20(29)19-14-3-1-2-4-15(14)31-21(19)26-16/h5-6,8-9H,1-4,7,10-11H2,(H,23,28)(H,25,26,29). The Kier molecular flexibility index (Phi) is 5.73. The number of aromatic nitrogens is 4. The summed E-state index contributed by atoms with van der Waals surface area (Å²) >= 11 is 9.05. The first-order chi connectivity index (χ1) is 15.1. The van der Waals surface area contributed by atoms with Crippen molar-refractivity contribution in [2.75, 3.05) is 5.75 Å². The third kappa shape index (κ3) is 4.35. The van der Waals surface area contributed by atoms with Crippen LogP contribution in [-0.2, 0) is 29.9 Å². The van der Waals surface area contributed by atoms with Crippen LogP contribution in [0.25, 0.3) is 15.9 Å². The monoisotopic (exact) mass is 473 g/mol. The van der Waals surface area contributed by atoms with Gasteiger partial charge in [-0.25, -0.2) is 9.97 Å². The van der Waals surface area contributed by atoms with Crippen molar-refractivity contribution < 1.29 is 4.79 Å². The highest BCUT2D eigenvalue weighted by Crippen LogP contribution is 2.33. The number of carbonyl (C=O) groups is 1. The van der Waals surface area contributed by atoms with Crippen LogP contribution < -0.4 is 10.9 Å². The summed E-state index contributed by atoms with van der Waals surface area (Å²) in [5, 5.41) is 4.27. The molecule has 7 nitrogen and oxygen atoms in total. The molecule has 4 aromatic rings. The van der Waals surface area contributed by atoms with Gasteiger partial charge in [0, 0.05) is 17.3 Å². The molecule has 2 N–H and O–H groups in total. The molecule has 160 valence electrons. The van der Waals surface area contributed by atoms with Gasteiger partial charge in [-0.3, -0.25) is 9.59 Å². The molecule has 0 atom stereocenters. The second kappa shape index (κ2) is 8.64. The molecule has 0 spiro atoms. The molecular formula is C21H20ClN5O2S2. The van der Waals surface area contributed by atoms with Crippen molar-refractivity contribution in [1.82, 2.24) is 24.7 Å². The van der Waals surface area contributed by atoms with E-state index in [9.17, 15) is 9.59 Å². The van der Waals surface area contributed by atoms with Gasteiger partial charge in [-0.15, -0.1) is 23.1 Å². The van der Waals surface area contributed by atoms with Crippen LogP contribution in [0.4, 0.5) is 0 Å². The number of amides is 1. The van der Waals surface area contributed by atoms with Gasteiger partial charge in [0.05, 0.1) is 34.2 Å². The van der Waals surface area contributed by atoms with Crippen LogP contribution in [0.3, 0.4) is 0 Å². The molecule has 1 aliphatic rings. The van der Waals surface area contributed by atoms with Crippen molar-refractivity contribution in [2.45, 2.75) is 38.0 Å². The molecule has 0 aliphatic heterocycles. The molecule has 31 heavy (non-hydrogen) atoms. The van der Waals surface area contributed by atoms with E-state index in [0.717, 1.165) is 40.8 Å². The van der Waals surface area contributed by atoms with Crippen molar-refractivity contribution in [2.24, 2.45) is 0 Å². The van der Waals surface area contributed by atoms with Crippen LogP contribution in [-0.4, -0.2) is 31.0 Å². The maximum absolute atomic E-state index is 12.6. The number of aromatic amines is 1. The number of thioether (sulfide) groups is 1. The molecule has 10 heteroatoms. The van der Waals surface area contributed by atoms with Crippen molar-refractivity contribution in [3.05, 3.63) is 61.9 Å². The summed E-state index contributed by atoms with van der Waals surface area (Å²) < 4.78 is 1.83. The quantitative estimate of drug-likeness (QED) is 0.445. The van der Waals surface area contributed by atoms with E-state index in [4.69, 9.17) is 11.6 Å². The number of nitrogens with zero attached hydrogens (tertiary/aromatic N) is 3. The number of imidazole rings is 1. The van der Waals surface area contributed by atoms with E-state index in [0.29, 0.717) is 23.1 Å². The Hall–Kier alpha value is -2.36. The van der Waals surface area contributed by atoms with Gasteiger partial charge in [0.25, 0.3) is 5.56 Å². The molecule has 1 amide bonds. The van der Waals surface area contributed by atoms with Crippen molar-refractivity contribution in [3.63, 3.8) is 0 Å². The van der Waals surface area contributed by atoms with Crippen LogP contribution in [0.5, 0.6) is 0 Å². The fourth-order valence-electron chi connectivity index (χ4n) is 3.86. The number of fused-ring (bicyclic) bond motifs is 4. The Balaban J connectivity index is 1.17. The summed E-state index contributed by atoms with van der Waals surface area (Å²) in [4.78, 5) is 38.9. The molecule has 0 saturated carbocycles. The number of halogens is 1. The van der Waals surface area contributed by atoms with E-state index in [2.05, 4.69) is 20.3 Å². The molecule has 0 bridgehead atoms. The molecule has 0 fully saturated rings. The van der Waals surface area contributed by atoms with E-state index in [1.165, 1.54) is 28.6 Å². The maximum atomic E-state index is 12.6. The van der Waals surface area contributed by atoms with Crippen molar-refractivity contribution >= 4 is 56.5 Å². The predicted molar refractivity (Wildman–Crippen MR) is 125 cm³/mol. The van der Waals surface area contributed by atoms with E-state index in [-0.39, 0.29) is 17.2 Å². The molecule has 0 radical (unpaired) electrons. The fourth-order valence-corrected chi connectivity index (χ4v) is 6.03. The van der Waals surface area contributed by atoms with Crippen molar-refractivity contribution in [3.8, 4) is 0 Å². The molecule has 5 rings (SSSR count). The Morgan fingerprint density at radius 1 is 1.26 bits per heavy atom. The van der Waals surface area contributed by atoms with Gasteiger partial charge in [-0.2, -0.15) is 0 Å². The lowest BCUT2D eigenvalue weighted by molar-refractivity contribution is -0.118. The van der Waals surface area contributed by atoms with Crippen LogP contribution in [0.15, 0.2) is 29.3 Å². The minimum atomic E-state index is -0.0879. The number of aryl methyl sites for hydroxylation is 2. The van der Waals surface area contributed by atoms with Gasteiger partial charge >= 0.3 is 0 Å². The third-order valence-corrected chi connectivity index (χ3v) is 7.63. The smallest absolute Gasteiger partial charge is 0.259 e. The normalized spacial score (nSPS) is 13.6. The number of hydrogen-bond acceptors (Lipinski definition) is 6. The van der Waals surface area contributed by atoms with Crippen LogP contribution in [0, 0.1) is 0 Å². The fraction of sp³-hybridized carbons (Fsp3) is 0.333. The first-order valence-corrected chi connectivity index (χ1v) is 12.4. The number of rotatable bonds is 6. The zero-order valence-corrected chi connectivity index (χ0v) is 19.0. The molecule has 0 unspecified atom stereocenters. The Labute approximate surface area is 191 Å². The number of carbonyl (C=O) groups excluding carboxylic acids is 1. The number of nitrogens with one attached hydrogen (secondary N) is 2. The molecule has 0 aromatic carbocycles. The highest BCUT2D eigenvalue weighted by Gasteiger charge is 2.19. The number of hydrogen-bond donors (Lipinski definition) is 2. The minimum absolute atomic E-state index is 0.0589. The van der Waals surface area contributed by atoms with E-state index >= 15 is 0 Å². The lowest BCUT2D eigenvalue weighted by atomic mass is 9.97. The summed E-state index contributed by atoms with van der Waals surface area (Å²) in [6.07, 6.45) is 7.94. The van der Waals surface area contributed by atoms with Crippen LogP contribution in [0.2, 0.25) is 5.02 Å². The highest BCUT2D eigenvalue weighted by atomic mass is 35.5. The number of H-pyrrole nitrogens is 1. The third-order valence-electron chi connectivity index (χ3n) is 5.28. The van der Waals surface area contributed by atoms with Gasteiger partial charge < -0.3 is 14.7 Å². The van der Waals surface area contributed by atoms with Gasteiger partial charge in [0.15, 0.2) is 0 Å². The second-order valence-corrected chi connectivity index (χ2v) is 10.0. The summed E-state index contributed by atoms with van der Waals surface area (Å²) in [6.45, 7) is 0.348. The largest absolute Gasteiger partial charge is 0.350 e. The lowest BCUT2D eigenvalue weighted by Crippen LogP contribution is -2.24. The minimum Gasteiger partial charge on any atom is -0.350 e. The SMILES string of the molecule is O=C(CSCc1nc2sc3c(c2c(=O)[nH]1)CCCC3)NCc1cn2cc(Cl)ccc2n1. The maximum Gasteiger partial charge on any atom is 0.259 e. The summed E-state index contributed by atoms with van der Waals surface area (Å²) in [5.41, 5.74) is 2.67. The van der Waals surface area contributed by atoms with Gasteiger partial charge in [0.2, 0.25) is 5.91 Å². The van der Waals surface area contributed by atoms with E-state index in [1.54, 1.807) is 23.6 Å². The second-order valence-electron chi connectivity index (χ2n) is 7.52. The number of pyridine rings is 1. The predicted octanol–water partition coefficient (Wildman–Crippen LogP) is 3.71. The summed E-state index contributed by atoms with van der Waals surface area (Å²) in [5.74, 6) is 1.29. The zero-order valence-electron chi connectivity index (χ0n) is 16.6. The zero-order chi connectivity index (χ0) is 21.4. The molecule has 4 aromatic heterocycles.